The number of alkyl halides is 6. The van der Waals surface area contributed by atoms with Crippen molar-refractivity contribution in [2.45, 2.75) is 43.8 Å². The molecule has 2 aromatic rings. The van der Waals surface area contributed by atoms with Crippen molar-refractivity contribution in [2.75, 3.05) is 20.6 Å². The molecule has 2 atom stereocenters. The van der Waals surface area contributed by atoms with Gasteiger partial charge in [-0.3, -0.25) is 0 Å². The highest BCUT2D eigenvalue weighted by molar-refractivity contribution is 5.75. The molecule has 4 nitrogen and oxygen atoms in total. The molecule has 0 bridgehead atoms. The smallest absolute Gasteiger partial charge is 0.323 e. The SMILES string of the molecule is CN[C@@H]1CCCN(C(=O)N(C)Cc2cc(C(F)(F)F)cc(C(F)(F)F)c2)[C@@H]1c1ccccc1. The van der Waals surface area contributed by atoms with Crippen LogP contribution in [0, 0.1) is 0 Å². The third kappa shape index (κ3) is 5.79. The minimum atomic E-state index is -4.94. The monoisotopic (exact) mass is 473 g/mol. The standard InChI is InChI=1S/C23H25F6N3O/c1-30-19-9-6-10-32(20(19)16-7-4-3-5-8-16)21(33)31(2)14-15-11-17(22(24,25)26)13-18(12-15)23(27,28)29/h3-5,7-8,11-13,19-20,30H,6,9-10,14H2,1-2H3/t19-,20-/m1/s1. The van der Waals surface area contributed by atoms with E-state index in [1.54, 1.807) is 11.9 Å². The lowest BCUT2D eigenvalue weighted by Gasteiger charge is -2.43. The molecule has 0 spiro atoms. The number of amides is 2. The van der Waals surface area contributed by atoms with Gasteiger partial charge in [-0.1, -0.05) is 30.3 Å². The Morgan fingerprint density at radius 2 is 1.61 bits per heavy atom. The fraction of sp³-hybridized carbons (Fsp3) is 0.435. The van der Waals surface area contributed by atoms with Gasteiger partial charge in [0.05, 0.1) is 17.2 Å². The van der Waals surface area contributed by atoms with Crippen LogP contribution >= 0.6 is 0 Å². The number of likely N-dealkylation sites (tertiary alicyclic amines) is 1. The Labute approximate surface area is 188 Å². The largest absolute Gasteiger partial charge is 0.416 e. The Morgan fingerprint density at radius 3 is 2.12 bits per heavy atom. The maximum absolute atomic E-state index is 13.3. The van der Waals surface area contributed by atoms with Crippen molar-refractivity contribution in [1.29, 1.82) is 0 Å². The van der Waals surface area contributed by atoms with Gasteiger partial charge in [0.15, 0.2) is 0 Å². The molecule has 1 N–H and O–H groups in total. The second kappa shape index (κ2) is 9.62. The molecule has 0 unspecified atom stereocenters. The third-order valence-electron chi connectivity index (χ3n) is 5.78. The van der Waals surface area contributed by atoms with E-state index in [0.29, 0.717) is 18.7 Å². The molecule has 0 radical (unpaired) electrons. The van der Waals surface area contributed by atoms with Gasteiger partial charge in [0, 0.05) is 26.2 Å². The zero-order chi connectivity index (χ0) is 24.4. The summed E-state index contributed by atoms with van der Waals surface area (Å²) in [4.78, 5) is 16.1. The van der Waals surface area contributed by atoms with Crippen LogP contribution in [0.5, 0.6) is 0 Å². The van der Waals surface area contributed by atoms with Crippen LogP contribution in [-0.2, 0) is 18.9 Å². The predicted molar refractivity (Wildman–Crippen MR) is 111 cm³/mol. The first-order valence-electron chi connectivity index (χ1n) is 10.4. The lowest BCUT2D eigenvalue weighted by molar-refractivity contribution is -0.143. The van der Waals surface area contributed by atoms with Gasteiger partial charge in [0.1, 0.15) is 0 Å². The number of hydrogen-bond acceptors (Lipinski definition) is 2. The van der Waals surface area contributed by atoms with Crippen molar-refractivity contribution in [3.8, 4) is 0 Å². The van der Waals surface area contributed by atoms with Crippen LogP contribution < -0.4 is 5.32 Å². The summed E-state index contributed by atoms with van der Waals surface area (Å²) in [6.07, 6.45) is -8.34. The number of carbonyl (C=O) groups is 1. The third-order valence-corrected chi connectivity index (χ3v) is 5.78. The van der Waals surface area contributed by atoms with Crippen LogP contribution in [0.15, 0.2) is 48.5 Å². The van der Waals surface area contributed by atoms with Crippen molar-refractivity contribution in [3.05, 3.63) is 70.8 Å². The van der Waals surface area contributed by atoms with E-state index in [1.807, 2.05) is 30.3 Å². The fourth-order valence-electron chi connectivity index (χ4n) is 4.25. The zero-order valence-corrected chi connectivity index (χ0v) is 18.2. The number of piperidine rings is 1. The van der Waals surface area contributed by atoms with Crippen molar-refractivity contribution < 1.29 is 31.1 Å². The fourth-order valence-corrected chi connectivity index (χ4v) is 4.25. The van der Waals surface area contributed by atoms with Crippen molar-refractivity contribution in [2.24, 2.45) is 0 Å². The topological polar surface area (TPSA) is 35.6 Å². The number of halogens is 6. The maximum atomic E-state index is 13.3. The Hall–Kier alpha value is -2.75. The van der Waals surface area contributed by atoms with E-state index in [2.05, 4.69) is 5.32 Å². The lowest BCUT2D eigenvalue weighted by atomic mass is 9.90. The average molecular weight is 473 g/mol. The number of likely N-dealkylation sites (N-methyl/N-ethyl adjacent to an activating group) is 1. The van der Waals surface area contributed by atoms with E-state index >= 15 is 0 Å². The molecule has 0 saturated carbocycles. The molecule has 1 fully saturated rings. The zero-order valence-electron chi connectivity index (χ0n) is 18.2. The van der Waals surface area contributed by atoms with E-state index < -0.39 is 36.1 Å². The summed E-state index contributed by atoms with van der Waals surface area (Å²) in [5.74, 6) is 0. The summed E-state index contributed by atoms with van der Waals surface area (Å²) in [7, 11) is 3.17. The number of nitrogens with zero attached hydrogens (tertiary/aromatic N) is 2. The van der Waals surface area contributed by atoms with Gasteiger partial charge >= 0.3 is 18.4 Å². The number of urea groups is 1. The normalized spacial score (nSPS) is 19.5. The molecule has 1 heterocycles. The Balaban J connectivity index is 1.89. The van der Waals surface area contributed by atoms with Crippen LogP contribution in [0.4, 0.5) is 31.1 Å². The Kier molecular flexibility index (Phi) is 7.26. The molecule has 33 heavy (non-hydrogen) atoms. The van der Waals surface area contributed by atoms with Crippen LogP contribution in [0.2, 0.25) is 0 Å². The average Bonchev–Trinajstić information content (AvgIpc) is 2.77. The number of carbonyl (C=O) groups excluding carboxylic acids is 1. The molecule has 10 heteroatoms. The summed E-state index contributed by atoms with van der Waals surface area (Å²) in [6.45, 7) is 0.0331. The number of hydrogen-bond donors (Lipinski definition) is 1. The summed E-state index contributed by atoms with van der Waals surface area (Å²) in [6, 6.07) is 9.91. The second-order valence-corrected chi connectivity index (χ2v) is 8.14. The molecule has 1 saturated heterocycles. The lowest BCUT2D eigenvalue weighted by Crippen LogP contribution is -2.52. The highest BCUT2D eigenvalue weighted by atomic mass is 19.4. The molecule has 1 aliphatic rings. The van der Waals surface area contributed by atoms with Gasteiger partial charge in [-0.25, -0.2) is 4.79 Å². The van der Waals surface area contributed by atoms with Gasteiger partial charge in [-0.2, -0.15) is 26.3 Å². The van der Waals surface area contributed by atoms with Gasteiger partial charge in [0.2, 0.25) is 0 Å². The summed E-state index contributed by atoms with van der Waals surface area (Å²) in [5, 5.41) is 3.21. The highest BCUT2D eigenvalue weighted by Crippen LogP contribution is 2.37. The first-order chi connectivity index (χ1) is 15.4. The number of nitrogens with one attached hydrogen (secondary N) is 1. The molecular formula is C23H25F6N3O. The van der Waals surface area contributed by atoms with Crippen molar-refractivity contribution in [1.82, 2.24) is 15.1 Å². The minimum absolute atomic E-state index is 0.0381. The first-order valence-corrected chi connectivity index (χ1v) is 10.4. The van der Waals surface area contributed by atoms with Crippen LogP contribution in [0.1, 0.15) is 41.1 Å². The van der Waals surface area contributed by atoms with Crippen molar-refractivity contribution in [3.63, 3.8) is 0 Å². The van der Waals surface area contributed by atoms with Crippen LogP contribution in [-0.4, -0.2) is 42.5 Å². The Morgan fingerprint density at radius 1 is 1.03 bits per heavy atom. The maximum Gasteiger partial charge on any atom is 0.416 e. The molecule has 0 aromatic heterocycles. The molecule has 3 rings (SSSR count). The van der Waals surface area contributed by atoms with E-state index in [-0.39, 0.29) is 23.7 Å². The minimum Gasteiger partial charge on any atom is -0.323 e. The first kappa shape index (κ1) is 24.9. The van der Waals surface area contributed by atoms with Gasteiger partial charge in [-0.05, 0) is 49.2 Å². The number of rotatable bonds is 4. The summed E-state index contributed by atoms with van der Waals surface area (Å²) < 4.78 is 79.1. The van der Waals surface area contributed by atoms with Crippen LogP contribution in [0.3, 0.4) is 0 Å². The number of benzene rings is 2. The van der Waals surface area contributed by atoms with E-state index in [4.69, 9.17) is 0 Å². The Bertz CT molecular complexity index is 929. The second-order valence-electron chi connectivity index (χ2n) is 8.14. The molecule has 0 aliphatic carbocycles. The van der Waals surface area contributed by atoms with E-state index in [0.717, 1.165) is 23.3 Å². The molecule has 1 aliphatic heterocycles. The van der Waals surface area contributed by atoms with E-state index in [1.165, 1.54) is 7.05 Å². The molecule has 180 valence electrons. The molecule has 2 aromatic carbocycles. The van der Waals surface area contributed by atoms with Gasteiger partial charge < -0.3 is 15.1 Å². The summed E-state index contributed by atoms with van der Waals surface area (Å²) >= 11 is 0. The highest BCUT2D eigenvalue weighted by Gasteiger charge is 2.38. The molecular weight excluding hydrogens is 448 g/mol. The van der Waals surface area contributed by atoms with Gasteiger partial charge in [0.25, 0.3) is 0 Å². The van der Waals surface area contributed by atoms with Crippen LogP contribution in [0.25, 0.3) is 0 Å². The summed E-state index contributed by atoms with van der Waals surface area (Å²) in [5.41, 5.74) is -2.14. The van der Waals surface area contributed by atoms with E-state index in [9.17, 15) is 31.1 Å². The predicted octanol–water partition coefficient (Wildman–Crippen LogP) is 5.70. The van der Waals surface area contributed by atoms with Gasteiger partial charge in [-0.15, -0.1) is 0 Å². The molecule has 2 amide bonds. The quantitative estimate of drug-likeness (QED) is 0.579. The van der Waals surface area contributed by atoms with Crippen molar-refractivity contribution >= 4 is 6.03 Å².